The van der Waals surface area contributed by atoms with Gasteiger partial charge in [0, 0.05) is 16.7 Å². The van der Waals surface area contributed by atoms with E-state index < -0.39 is 10.0 Å². The Morgan fingerprint density at radius 1 is 1.41 bits per heavy atom. The molecule has 2 aromatic rings. The van der Waals surface area contributed by atoms with Gasteiger partial charge >= 0.3 is 0 Å². The Morgan fingerprint density at radius 3 is 2.76 bits per heavy atom. The fourth-order valence-electron chi connectivity index (χ4n) is 1.50. The summed E-state index contributed by atoms with van der Waals surface area (Å²) in [5.41, 5.74) is 0.595. The molecule has 2 rings (SSSR count). The Labute approximate surface area is 108 Å². The molecule has 0 unspecified atom stereocenters. The van der Waals surface area contributed by atoms with Crippen molar-refractivity contribution in [1.29, 1.82) is 0 Å². The van der Waals surface area contributed by atoms with Gasteiger partial charge in [0.25, 0.3) is 10.0 Å². The first kappa shape index (κ1) is 12.5. The van der Waals surface area contributed by atoms with Gasteiger partial charge in [-0.05, 0) is 41.9 Å². The van der Waals surface area contributed by atoms with E-state index >= 15 is 0 Å². The zero-order valence-corrected chi connectivity index (χ0v) is 11.8. The van der Waals surface area contributed by atoms with Crippen LogP contribution in [0.3, 0.4) is 0 Å². The number of imidazole rings is 1. The molecular weight excluding hydrogens is 306 g/mol. The van der Waals surface area contributed by atoms with Gasteiger partial charge in [0.15, 0.2) is 5.03 Å². The van der Waals surface area contributed by atoms with Crippen LogP contribution in [0.1, 0.15) is 13.8 Å². The van der Waals surface area contributed by atoms with Gasteiger partial charge in [-0.3, -0.25) is 4.40 Å². The van der Waals surface area contributed by atoms with Gasteiger partial charge in [-0.25, -0.2) is 18.1 Å². The van der Waals surface area contributed by atoms with Crippen molar-refractivity contribution in [1.82, 2.24) is 14.1 Å². The first-order chi connectivity index (χ1) is 7.90. The lowest BCUT2D eigenvalue weighted by molar-refractivity contribution is 0.565. The lowest BCUT2D eigenvalue weighted by atomic mass is 10.4. The fraction of sp³-hybridized carbons (Fsp3) is 0.300. The molecule has 0 amide bonds. The monoisotopic (exact) mass is 317 g/mol. The minimum atomic E-state index is -3.53. The number of hydrogen-bond acceptors (Lipinski definition) is 3. The largest absolute Gasteiger partial charge is 0.288 e. The summed E-state index contributed by atoms with van der Waals surface area (Å²) in [7, 11) is -3.53. The summed E-state index contributed by atoms with van der Waals surface area (Å²) in [5, 5.41) is 0.141. The van der Waals surface area contributed by atoms with Crippen LogP contribution in [0.15, 0.2) is 34.0 Å². The van der Waals surface area contributed by atoms with Crippen molar-refractivity contribution in [3.05, 3.63) is 29.0 Å². The van der Waals surface area contributed by atoms with Crippen LogP contribution in [0.5, 0.6) is 0 Å². The van der Waals surface area contributed by atoms with Crippen LogP contribution >= 0.6 is 15.9 Å². The molecule has 0 bridgehead atoms. The van der Waals surface area contributed by atoms with Crippen LogP contribution in [-0.4, -0.2) is 23.8 Å². The lowest BCUT2D eigenvalue weighted by Crippen LogP contribution is -2.31. The number of nitrogens with one attached hydrogen (secondary N) is 1. The van der Waals surface area contributed by atoms with E-state index in [4.69, 9.17) is 0 Å². The number of hydrogen-bond donors (Lipinski definition) is 1. The van der Waals surface area contributed by atoms with Gasteiger partial charge in [0.1, 0.15) is 5.65 Å². The molecule has 0 radical (unpaired) electrons. The first-order valence-electron chi connectivity index (χ1n) is 5.05. The molecule has 0 aromatic carbocycles. The molecule has 0 aliphatic carbocycles. The van der Waals surface area contributed by atoms with Gasteiger partial charge in [0.2, 0.25) is 0 Å². The second kappa shape index (κ2) is 4.40. The summed E-state index contributed by atoms with van der Waals surface area (Å²) in [4.78, 5) is 4.06. The molecule has 2 aromatic heterocycles. The van der Waals surface area contributed by atoms with Gasteiger partial charge < -0.3 is 0 Å². The average Bonchev–Trinajstić information content (AvgIpc) is 2.58. The van der Waals surface area contributed by atoms with Crippen LogP contribution < -0.4 is 4.72 Å². The van der Waals surface area contributed by atoms with E-state index in [0.717, 1.165) is 4.47 Å². The maximum absolute atomic E-state index is 12.0. The van der Waals surface area contributed by atoms with Gasteiger partial charge in [-0.1, -0.05) is 0 Å². The van der Waals surface area contributed by atoms with Crippen molar-refractivity contribution in [2.75, 3.05) is 0 Å². The summed E-state index contributed by atoms with van der Waals surface area (Å²) in [6, 6.07) is 3.41. The lowest BCUT2D eigenvalue weighted by Gasteiger charge is -2.08. The van der Waals surface area contributed by atoms with E-state index in [2.05, 4.69) is 25.6 Å². The molecule has 2 heterocycles. The molecule has 0 saturated heterocycles. The molecule has 7 heteroatoms. The van der Waals surface area contributed by atoms with Crippen molar-refractivity contribution >= 4 is 31.6 Å². The molecule has 0 atom stereocenters. The summed E-state index contributed by atoms with van der Waals surface area (Å²) >= 11 is 3.31. The summed E-state index contributed by atoms with van der Waals surface area (Å²) in [5.74, 6) is 0. The number of halogens is 1. The third kappa shape index (κ3) is 2.51. The van der Waals surface area contributed by atoms with Crippen molar-refractivity contribution in [2.45, 2.75) is 24.9 Å². The number of aromatic nitrogens is 2. The number of fused-ring (bicyclic) bond motifs is 1. The van der Waals surface area contributed by atoms with Crippen LogP contribution in [-0.2, 0) is 10.0 Å². The van der Waals surface area contributed by atoms with E-state index in [0.29, 0.717) is 5.65 Å². The first-order valence-corrected chi connectivity index (χ1v) is 7.33. The zero-order chi connectivity index (χ0) is 12.6. The minimum absolute atomic E-state index is 0.141. The van der Waals surface area contributed by atoms with E-state index in [-0.39, 0.29) is 11.1 Å². The minimum Gasteiger partial charge on any atom is -0.288 e. The quantitative estimate of drug-likeness (QED) is 0.938. The SMILES string of the molecule is CC(C)NS(=O)(=O)c1cnc2ccc(Br)cn12. The molecular formula is C10H12BrN3O2S. The molecule has 0 spiro atoms. The Balaban J connectivity index is 2.60. The maximum atomic E-state index is 12.0. The van der Waals surface area contributed by atoms with Gasteiger partial charge in [-0.15, -0.1) is 0 Å². The fourth-order valence-corrected chi connectivity index (χ4v) is 3.18. The Kier molecular flexibility index (Phi) is 3.24. The van der Waals surface area contributed by atoms with E-state index in [1.807, 2.05) is 6.07 Å². The van der Waals surface area contributed by atoms with Gasteiger partial charge in [-0.2, -0.15) is 0 Å². The number of rotatable bonds is 3. The smallest absolute Gasteiger partial charge is 0.258 e. The van der Waals surface area contributed by atoms with Crippen molar-refractivity contribution in [3.63, 3.8) is 0 Å². The third-order valence-corrected chi connectivity index (χ3v) is 4.21. The molecule has 0 aliphatic heterocycles. The van der Waals surface area contributed by atoms with Gasteiger partial charge in [0.05, 0.1) is 6.20 Å². The highest BCUT2D eigenvalue weighted by atomic mass is 79.9. The summed E-state index contributed by atoms with van der Waals surface area (Å²) in [6.07, 6.45) is 3.03. The van der Waals surface area contributed by atoms with Crippen molar-refractivity contribution in [3.8, 4) is 0 Å². The van der Waals surface area contributed by atoms with E-state index in [9.17, 15) is 8.42 Å². The summed E-state index contributed by atoms with van der Waals surface area (Å²) < 4.78 is 28.9. The number of sulfonamides is 1. The highest BCUT2D eigenvalue weighted by molar-refractivity contribution is 9.10. The predicted octanol–water partition coefficient (Wildman–Crippen LogP) is 1.78. The maximum Gasteiger partial charge on any atom is 0.258 e. The van der Waals surface area contributed by atoms with Crippen molar-refractivity contribution in [2.24, 2.45) is 0 Å². The second-order valence-electron chi connectivity index (χ2n) is 3.95. The highest BCUT2D eigenvalue weighted by Gasteiger charge is 2.20. The molecule has 0 aliphatic rings. The van der Waals surface area contributed by atoms with Crippen molar-refractivity contribution < 1.29 is 8.42 Å². The molecule has 0 saturated carbocycles. The number of nitrogens with zero attached hydrogens (tertiary/aromatic N) is 2. The number of pyridine rings is 1. The van der Waals surface area contributed by atoms with Crippen LogP contribution in [0.25, 0.3) is 5.65 Å². The zero-order valence-electron chi connectivity index (χ0n) is 9.38. The predicted molar refractivity (Wildman–Crippen MR) is 68.3 cm³/mol. The van der Waals surface area contributed by atoms with Crippen LogP contribution in [0.2, 0.25) is 0 Å². The normalized spacial score (nSPS) is 12.5. The van der Waals surface area contributed by atoms with E-state index in [1.165, 1.54) is 10.6 Å². The molecule has 5 nitrogen and oxygen atoms in total. The molecule has 17 heavy (non-hydrogen) atoms. The van der Waals surface area contributed by atoms with E-state index in [1.54, 1.807) is 26.1 Å². The second-order valence-corrected chi connectivity index (χ2v) is 6.52. The third-order valence-electron chi connectivity index (χ3n) is 2.10. The summed E-state index contributed by atoms with van der Waals surface area (Å²) in [6.45, 7) is 3.55. The standard InChI is InChI=1S/C10H12BrN3O2S/c1-7(2)13-17(15,16)10-5-12-9-4-3-8(11)6-14(9)10/h3-7,13H,1-2H3. The highest BCUT2D eigenvalue weighted by Crippen LogP contribution is 2.16. The topological polar surface area (TPSA) is 63.5 Å². The Hall–Kier alpha value is -0.920. The Bertz CT molecular complexity index is 649. The van der Waals surface area contributed by atoms with Crippen LogP contribution in [0.4, 0.5) is 0 Å². The average molecular weight is 318 g/mol. The van der Waals surface area contributed by atoms with Crippen LogP contribution in [0, 0.1) is 0 Å². The molecule has 1 N–H and O–H groups in total. The Morgan fingerprint density at radius 2 is 2.12 bits per heavy atom. The molecule has 92 valence electrons. The molecule has 0 fully saturated rings.